The molecule has 0 unspecified atom stereocenters. The van der Waals surface area contributed by atoms with Crippen molar-refractivity contribution < 1.29 is 22.7 Å². The Labute approximate surface area is 184 Å². The first kappa shape index (κ1) is 23.8. The number of unbranched alkanes of at least 4 members (excludes halogenated alkanes) is 1. The summed E-state index contributed by atoms with van der Waals surface area (Å²) in [5, 5.41) is 13.9. The molecule has 0 saturated carbocycles. The van der Waals surface area contributed by atoms with Crippen molar-refractivity contribution in [2.24, 2.45) is 5.92 Å². The lowest BCUT2D eigenvalue weighted by molar-refractivity contribution is -0.138. The molecular formula is C23H34N2O5S. The summed E-state index contributed by atoms with van der Waals surface area (Å²) in [6.45, 7) is 4.12. The fourth-order valence-corrected chi connectivity index (χ4v) is 5.55. The number of nitrogens with one attached hydrogen (secondary N) is 2. The van der Waals surface area contributed by atoms with E-state index in [9.17, 15) is 18.3 Å². The Hall–Kier alpha value is -1.90. The number of furan rings is 1. The minimum absolute atomic E-state index is 0.0643. The van der Waals surface area contributed by atoms with Gasteiger partial charge < -0.3 is 14.8 Å². The van der Waals surface area contributed by atoms with Crippen molar-refractivity contribution in [2.45, 2.75) is 64.3 Å². The van der Waals surface area contributed by atoms with Crippen LogP contribution in [0.15, 0.2) is 28.7 Å². The fraction of sp³-hybridized carbons (Fsp3) is 0.609. The van der Waals surface area contributed by atoms with Gasteiger partial charge in [0.25, 0.3) is 0 Å². The zero-order chi connectivity index (χ0) is 22.3. The predicted molar refractivity (Wildman–Crippen MR) is 122 cm³/mol. The lowest BCUT2D eigenvalue weighted by Crippen LogP contribution is -2.43. The van der Waals surface area contributed by atoms with Gasteiger partial charge in [-0.1, -0.05) is 25.5 Å². The number of hydrogen-bond acceptors (Lipinski definition) is 5. The topological polar surface area (TPSA) is 109 Å². The fourth-order valence-electron chi connectivity index (χ4n) is 4.14. The molecule has 0 bridgehead atoms. The van der Waals surface area contributed by atoms with Crippen LogP contribution in [0.5, 0.6) is 0 Å². The van der Waals surface area contributed by atoms with Crippen LogP contribution >= 0.6 is 0 Å². The summed E-state index contributed by atoms with van der Waals surface area (Å²) in [6.07, 6.45) is 6.99. The van der Waals surface area contributed by atoms with E-state index >= 15 is 0 Å². The van der Waals surface area contributed by atoms with Crippen LogP contribution in [-0.2, 0) is 27.7 Å². The molecule has 172 valence electrons. The summed E-state index contributed by atoms with van der Waals surface area (Å²) in [4.78, 5) is 11.6. The summed E-state index contributed by atoms with van der Waals surface area (Å²) in [5.41, 5.74) is 1.45. The number of sulfonamides is 1. The maximum absolute atomic E-state index is 12.1. The van der Waals surface area contributed by atoms with Crippen molar-refractivity contribution in [1.29, 1.82) is 0 Å². The van der Waals surface area contributed by atoms with Crippen molar-refractivity contribution >= 4 is 27.0 Å². The summed E-state index contributed by atoms with van der Waals surface area (Å²) in [5.74, 6) is 0.492. The molecule has 1 aliphatic rings. The van der Waals surface area contributed by atoms with Crippen LogP contribution in [0.25, 0.3) is 11.0 Å². The van der Waals surface area contributed by atoms with Gasteiger partial charge in [0.1, 0.15) is 17.4 Å². The van der Waals surface area contributed by atoms with Crippen LogP contribution in [0.3, 0.4) is 0 Å². The van der Waals surface area contributed by atoms with Gasteiger partial charge in [-0.25, -0.2) is 13.1 Å². The van der Waals surface area contributed by atoms with Gasteiger partial charge in [-0.2, -0.15) is 0 Å². The predicted octanol–water partition coefficient (Wildman–Crippen LogP) is 3.47. The second kappa shape index (κ2) is 11.1. The second-order valence-electron chi connectivity index (χ2n) is 8.56. The first-order valence-electron chi connectivity index (χ1n) is 11.3. The van der Waals surface area contributed by atoms with Crippen LogP contribution in [0.1, 0.15) is 56.8 Å². The van der Waals surface area contributed by atoms with E-state index in [2.05, 4.69) is 10.0 Å². The molecule has 0 aliphatic carbocycles. The van der Waals surface area contributed by atoms with Gasteiger partial charge in [-0.3, -0.25) is 4.79 Å². The number of carbonyl (C=O) groups is 1. The van der Waals surface area contributed by atoms with E-state index in [1.165, 1.54) is 19.3 Å². The highest BCUT2D eigenvalue weighted by atomic mass is 32.2. The number of piperidine rings is 1. The Kier molecular flexibility index (Phi) is 8.51. The van der Waals surface area contributed by atoms with Crippen molar-refractivity contribution in [3.05, 3.63) is 35.6 Å². The van der Waals surface area contributed by atoms with E-state index in [0.717, 1.165) is 55.0 Å². The highest BCUT2D eigenvalue weighted by Gasteiger charge is 2.24. The van der Waals surface area contributed by atoms with Crippen LogP contribution in [0.2, 0.25) is 0 Å². The first-order chi connectivity index (χ1) is 14.9. The minimum atomic E-state index is -3.62. The number of carboxylic acid groups (broad SMARTS) is 1. The monoisotopic (exact) mass is 450 g/mol. The number of benzene rings is 1. The number of aryl methyl sites for hydroxylation is 1. The molecule has 0 spiro atoms. The molecule has 2 aromatic rings. The summed E-state index contributed by atoms with van der Waals surface area (Å²) < 4.78 is 32.6. The number of rotatable bonds is 12. The maximum atomic E-state index is 12.1. The highest BCUT2D eigenvalue weighted by molar-refractivity contribution is 7.89. The van der Waals surface area contributed by atoms with Gasteiger partial charge in [-0.15, -0.1) is 0 Å². The van der Waals surface area contributed by atoms with E-state index in [0.29, 0.717) is 12.0 Å². The molecule has 0 radical (unpaired) electrons. The minimum Gasteiger partial charge on any atom is -0.480 e. The number of carboxylic acids is 1. The molecule has 8 heteroatoms. The third kappa shape index (κ3) is 7.33. The number of hydrogen-bond donors (Lipinski definition) is 3. The normalized spacial score (nSPS) is 16.5. The zero-order valence-corrected chi connectivity index (χ0v) is 19.0. The highest BCUT2D eigenvalue weighted by Crippen LogP contribution is 2.24. The quantitative estimate of drug-likeness (QED) is 0.457. The third-order valence-electron chi connectivity index (χ3n) is 5.96. The number of fused-ring (bicyclic) bond motifs is 1. The molecule has 1 fully saturated rings. The van der Waals surface area contributed by atoms with E-state index in [-0.39, 0.29) is 12.2 Å². The average molecular weight is 451 g/mol. The van der Waals surface area contributed by atoms with Gasteiger partial charge in [0.05, 0.1) is 5.75 Å². The molecule has 0 amide bonds. The SMILES string of the molecule is CCCCS(=O)(=O)N[C@@H](Cc1ccc2cc(CCCC3CCNCC3)oc2c1)C(=O)O. The van der Waals surface area contributed by atoms with Crippen molar-refractivity contribution in [3.8, 4) is 0 Å². The molecule has 1 saturated heterocycles. The number of aliphatic carboxylic acids is 1. The van der Waals surface area contributed by atoms with Crippen LogP contribution in [0.4, 0.5) is 0 Å². The maximum Gasteiger partial charge on any atom is 0.322 e. The van der Waals surface area contributed by atoms with Gasteiger partial charge in [0.2, 0.25) is 10.0 Å². The second-order valence-corrected chi connectivity index (χ2v) is 10.4. The molecule has 31 heavy (non-hydrogen) atoms. The van der Waals surface area contributed by atoms with Crippen molar-refractivity contribution in [3.63, 3.8) is 0 Å². The lowest BCUT2D eigenvalue weighted by atomic mass is 9.92. The lowest BCUT2D eigenvalue weighted by Gasteiger charge is -2.22. The van der Waals surface area contributed by atoms with E-state index in [1.54, 1.807) is 0 Å². The van der Waals surface area contributed by atoms with E-state index in [4.69, 9.17) is 4.42 Å². The summed E-state index contributed by atoms with van der Waals surface area (Å²) >= 11 is 0. The Morgan fingerprint density at radius 1 is 1.26 bits per heavy atom. The van der Waals surface area contributed by atoms with Crippen LogP contribution in [-0.4, -0.2) is 44.4 Å². The van der Waals surface area contributed by atoms with E-state index in [1.807, 2.05) is 31.2 Å². The molecule has 1 aromatic carbocycles. The smallest absolute Gasteiger partial charge is 0.322 e. The van der Waals surface area contributed by atoms with Gasteiger partial charge in [-0.05, 0) is 75.2 Å². The Balaban J connectivity index is 1.60. The van der Waals surface area contributed by atoms with Crippen LogP contribution in [0, 0.1) is 5.92 Å². The summed E-state index contributed by atoms with van der Waals surface area (Å²) in [6, 6.07) is 6.42. The third-order valence-corrected chi connectivity index (χ3v) is 7.43. The van der Waals surface area contributed by atoms with Gasteiger partial charge in [0.15, 0.2) is 0 Å². The molecule has 1 aliphatic heterocycles. The Morgan fingerprint density at radius 2 is 2.03 bits per heavy atom. The van der Waals surface area contributed by atoms with Gasteiger partial charge >= 0.3 is 5.97 Å². The van der Waals surface area contributed by atoms with Crippen molar-refractivity contribution in [2.75, 3.05) is 18.8 Å². The molecule has 1 aromatic heterocycles. The van der Waals surface area contributed by atoms with Crippen molar-refractivity contribution in [1.82, 2.24) is 10.0 Å². The van der Waals surface area contributed by atoms with Crippen LogP contribution < -0.4 is 10.0 Å². The molecule has 3 N–H and O–H groups in total. The van der Waals surface area contributed by atoms with Gasteiger partial charge in [0, 0.05) is 11.8 Å². The molecule has 7 nitrogen and oxygen atoms in total. The largest absolute Gasteiger partial charge is 0.480 e. The molecule has 3 rings (SSSR count). The average Bonchev–Trinajstić information content (AvgIpc) is 3.14. The Bertz CT molecular complexity index is 964. The molecule has 1 atom stereocenters. The standard InChI is InChI=1S/C23H34N2O5S/c1-2-3-13-31(28,29)25-21(23(26)27)14-18-7-8-19-16-20(30-22(19)15-18)6-4-5-17-9-11-24-12-10-17/h7-8,15-17,21,24-25H,2-6,9-14H2,1H3,(H,26,27)/t21-/m0/s1. The zero-order valence-electron chi connectivity index (χ0n) is 18.2. The summed E-state index contributed by atoms with van der Waals surface area (Å²) in [7, 11) is -3.62. The first-order valence-corrected chi connectivity index (χ1v) is 13.0. The van der Waals surface area contributed by atoms with E-state index < -0.39 is 22.0 Å². The molecular weight excluding hydrogens is 416 g/mol. The Morgan fingerprint density at radius 3 is 2.74 bits per heavy atom. The molecule has 2 heterocycles.